The number of nitriles is 1. The van der Waals surface area contributed by atoms with Gasteiger partial charge in [0.2, 0.25) is 0 Å². The molecule has 0 amide bonds. The summed E-state index contributed by atoms with van der Waals surface area (Å²) >= 11 is 0. The van der Waals surface area contributed by atoms with Crippen molar-refractivity contribution >= 4 is 0 Å². The predicted molar refractivity (Wildman–Crippen MR) is 49.1 cm³/mol. The fraction of sp³-hybridized carbons (Fsp3) is 0.600. The van der Waals surface area contributed by atoms with Crippen molar-refractivity contribution in [3.05, 3.63) is 18.0 Å². The highest BCUT2D eigenvalue weighted by Crippen LogP contribution is 2.47. The van der Waals surface area contributed by atoms with E-state index in [9.17, 15) is 0 Å². The van der Waals surface area contributed by atoms with Crippen molar-refractivity contribution < 1.29 is 0 Å². The van der Waals surface area contributed by atoms with Crippen LogP contribution in [0.5, 0.6) is 0 Å². The first kappa shape index (κ1) is 8.31. The van der Waals surface area contributed by atoms with E-state index in [1.165, 1.54) is 0 Å². The van der Waals surface area contributed by atoms with Crippen molar-refractivity contribution in [1.29, 1.82) is 5.26 Å². The molecule has 1 fully saturated rings. The highest BCUT2D eigenvalue weighted by molar-refractivity contribution is 5.35. The summed E-state index contributed by atoms with van der Waals surface area (Å²) in [6, 6.07) is 2.75. The molecule has 1 aromatic rings. The van der Waals surface area contributed by atoms with Crippen LogP contribution in [0.15, 0.2) is 12.4 Å². The second kappa shape index (κ2) is 2.59. The van der Waals surface area contributed by atoms with Crippen molar-refractivity contribution in [1.82, 2.24) is 9.78 Å². The van der Waals surface area contributed by atoms with E-state index < -0.39 is 0 Å². The third kappa shape index (κ3) is 1.23. The van der Waals surface area contributed by atoms with E-state index in [0.29, 0.717) is 6.04 Å². The Morgan fingerprint density at radius 1 is 1.62 bits per heavy atom. The molecule has 0 N–H and O–H groups in total. The first-order chi connectivity index (χ1) is 6.18. The van der Waals surface area contributed by atoms with Gasteiger partial charge in [-0.3, -0.25) is 4.68 Å². The summed E-state index contributed by atoms with van der Waals surface area (Å²) in [6.45, 7) is 4.17. The minimum absolute atomic E-state index is 0.187. The van der Waals surface area contributed by atoms with Crippen LogP contribution in [0, 0.1) is 11.3 Å². The minimum atomic E-state index is -0.187. The predicted octanol–water partition coefficient (Wildman–Crippen LogP) is 2.02. The Morgan fingerprint density at radius 3 is 2.69 bits per heavy atom. The fourth-order valence-corrected chi connectivity index (χ4v) is 1.46. The maximum Gasteiger partial charge on any atom is 0.0854 e. The van der Waals surface area contributed by atoms with Gasteiger partial charge in [0, 0.05) is 17.8 Å². The standard InChI is InChI=1S/C10H13N3/c1-8(2)13-6-9(5-12-13)10(7-11)3-4-10/h5-6,8H,3-4H2,1-2H3. The lowest BCUT2D eigenvalue weighted by Gasteiger charge is -2.04. The number of hydrogen-bond acceptors (Lipinski definition) is 2. The van der Waals surface area contributed by atoms with Gasteiger partial charge in [-0.25, -0.2) is 0 Å². The molecule has 0 bridgehead atoms. The van der Waals surface area contributed by atoms with Gasteiger partial charge in [0.1, 0.15) is 0 Å². The molecule has 1 aromatic heterocycles. The first-order valence-corrected chi connectivity index (χ1v) is 4.64. The van der Waals surface area contributed by atoms with E-state index in [1.807, 2.05) is 17.1 Å². The van der Waals surface area contributed by atoms with E-state index in [0.717, 1.165) is 18.4 Å². The molecule has 0 atom stereocenters. The average molecular weight is 175 g/mol. The topological polar surface area (TPSA) is 41.6 Å². The molecule has 13 heavy (non-hydrogen) atoms. The zero-order valence-corrected chi connectivity index (χ0v) is 7.99. The summed E-state index contributed by atoms with van der Waals surface area (Å²) in [7, 11) is 0. The van der Waals surface area contributed by atoms with Crippen molar-refractivity contribution in [3.63, 3.8) is 0 Å². The third-order valence-corrected chi connectivity index (χ3v) is 2.65. The lowest BCUT2D eigenvalue weighted by molar-refractivity contribution is 0.531. The maximum atomic E-state index is 8.97. The van der Waals surface area contributed by atoms with Crippen molar-refractivity contribution in [2.45, 2.75) is 38.1 Å². The quantitative estimate of drug-likeness (QED) is 0.690. The molecule has 0 spiro atoms. The van der Waals surface area contributed by atoms with Gasteiger partial charge in [-0.1, -0.05) is 0 Å². The molecule has 3 heteroatoms. The summed E-state index contributed by atoms with van der Waals surface area (Å²) in [5.74, 6) is 0. The summed E-state index contributed by atoms with van der Waals surface area (Å²) in [4.78, 5) is 0. The summed E-state index contributed by atoms with van der Waals surface area (Å²) in [6.07, 6.45) is 5.82. The SMILES string of the molecule is CC(C)n1cc(C2(C#N)CC2)cn1. The van der Waals surface area contributed by atoms with E-state index in [4.69, 9.17) is 5.26 Å². The van der Waals surface area contributed by atoms with Crippen LogP contribution in [0.1, 0.15) is 38.3 Å². The van der Waals surface area contributed by atoms with Crippen LogP contribution in [0.25, 0.3) is 0 Å². The molecule has 0 aliphatic heterocycles. The molecule has 0 aromatic carbocycles. The Hall–Kier alpha value is -1.30. The molecule has 0 radical (unpaired) electrons. The monoisotopic (exact) mass is 175 g/mol. The Bertz CT molecular complexity index is 352. The summed E-state index contributed by atoms with van der Waals surface area (Å²) in [5, 5.41) is 13.2. The number of nitrogens with zero attached hydrogens (tertiary/aromatic N) is 3. The van der Waals surface area contributed by atoms with Gasteiger partial charge in [0.05, 0.1) is 17.7 Å². The lowest BCUT2D eigenvalue weighted by atomic mass is 10.0. The van der Waals surface area contributed by atoms with Gasteiger partial charge >= 0.3 is 0 Å². The van der Waals surface area contributed by atoms with Gasteiger partial charge in [-0.2, -0.15) is 10.4 Å². The van der Waals surface area contributed by atoms with Crippen molar-refractivity contribution in [3.8, 4) is 6.07 Å². The molecule has 0 unspecified atom stereocenters. The fourth-order valence-electron chi connectivity index (χ4n) is 1.46. The maximum absolute atomic E-state index is 8.97. The molecule has 2 rings (SSSR count). The van der Waals surface area contributed by atoms with E-state index in [-0.39, 0.29) is 5.41 Å². The largest absolute Gasteiger partial charge is 0.270 e. The van der Waals surface area contributed by atoms with Crippen LogP contribution < -0.4 is 0 Å². The molecule has 1 saturated carbocycles. The highest BCUT2D eigenvalue weighted by Gasteiger charge is 2.45. The van der Waals surface area contributed by atoms with Crippen LogP contribution in [0.4, 0.5) is 0 Å². The lowest BCUT2D eigenvalue weighted by Crippen LogP contribution is -2.02. The van der Waals surface area contributed by atoms with Gasteiger partial charge in [-0.15, -0.1) is 0 Å². The number of rotatable bonds is 2. The second-order valence-electron chi connectivity index (χ2n) is 4.00. The van der Waals surface area contributed by atoms with E-state index >= 15 is 0 Å². The molecule has 1 aliphatic rings. The number of aromatic nitrogens is 2. The number of hydrogen-bond donors (Lipinski definition) is 0. The van der Waals surface area contributed by atoms with E-state index in [2.05, 4.69) is 25.0 Å². The van der Waals surface area contributed by atoms with Crippen LogP contribution >= 0.6 is 0 Å². The van der Waals surface area contributed by atoms with Gasteiger partial charge in [-0.05, 0) is 26.7 Å². The summed E-state index contributed by atoms with van der Waals surface area (Å²) < 4.78 is 1.91. The molecule has 0 saturated heterocycles. The molecular formula is C10H13N3. The smallest absolute Gasteiger partial charge is 0.0854 e. The molecule has 3 nitrogen and oxygen atoms in total. The first-order valence-electron chi connectivity index (χ1n) is 4.64. The Labute approximate surface area is 78.0 Å². The second-order valence-corrected chi connectivity index (χ2v) is 4.00. The molecule has 1 aliphatic carbocycles. The average Bonchev–Trinajstić information content (AvgIpc) is 2.75. The molecular weight excluding hydrogens is 162 g/mol. The van der Waals surface area contributed by atoms with Gasteiger partial charge in [0.15, 0.2) is 0 Å². The van der Waals surface area contributed by atoms with Gasteiger partial charge in [0.25, 0.3) is 0 Å². The third-order valence-electron chi connectivity index (χ3n) is 2.65. The van der Waals surface area contributed by atoms with Crippen molar-refractivity contribution in [2.24, 2.45) is 0 Å². The van der Waals surface area contributed by atoms with Crippen LogP contribution in [0.2, 0.25) is 0 Å². The Kier molecular flexibility index (Phi) is 1.66. The van der Waals surface area contributed by atoms with Crippen molar-refractivity contribution in [2.75, 3.05) is 0 Å². The summed E-state index contributed by atoms with van der Waals surface area (Å²) in [5.41, 5.74) is 0.899. The normalized spacial score (nSPS) is 18.6. The Balaban J connectivity index is 2.29. The molecule has 1 heterocycles. The molecule has 68 valence electrons. The van der Waals surface area contributed by atoms with E-state index in [1.54, 1.807) is 0 Å². The van der Waals surface area contributed by atoms with Crippen LogP contribution in [0.3, 0.4) is 0 Å². The highest BCUT2D eigenvalue weighted by atomic mass is 15.3. The van der Waals surface area contributed by atoms with Gasteiger partial charge < -0.3 is 0 Å². The zero-order chi connectivity index (χ0) is 9.47. The minimum Gasteiger partial charge on any atom is -0.270 e. The van der Waals surface area contributed by atoms with Crippen LogP contribution in [-0.2, 0) is 5.41 Å². The Morgan fingerprint density at radius 2 is 2.31 bits per heavy atom. The zero-order valence-electron chi connectivity index (χ0n) is 7.99. The van der Waals surface area contributed by atoms with Crippen LogP contribution in [-0.4, -0.2) is 9.78 Å².